The summed E-state index contributed by atoms with van der Waals surface area (Å²) in [5, 5.41) is 39.0. The van der Waals surface area contributed by atoms with Crippen LogP contribution in [-0.4, -0.2) is 13.6 Å². The number of phenolic OH excluding ortho intramolecular Hbond substituents is 2. The molecule has 0 saturated heterocycles. The molecule has 23 heavy (non-hydrogen) atoms. The molecule has 1 heterocycles. The van der Waals surface area contributed by atoms with Crippen molar-refractivity contribution in [2.24, 2.45) is 0 Å². The molecule has 4 rings (SSSR count). The molecule has 0 fully saturated rings. The zero-order chi connectivity index (χ0) is 16.1. The summed E-state index contributed by atoms with van der Waals surface area (Å²) < 4.78 is 2.04. The standard InChI is InChI=1S/C16H11N3O2S2/c17-15-16(18)23-19(22-15)11-7-3-6-10-12(11)14(21)9-5-2-1-4-8(9)13(10)20/h1-7,17-18,20-21H. The van der Waals surface area contributed by atoms with Gasteiger partial charge in [0.2, 0.25) is 0 Å². The van der Waals surface area contributed by atoms with Gasteiger partial charge in [-0.05, 0) is 29.1 Å². The average Bonchev–Trinajstić information content (AvgIpc) is 2.91. The molecule has 4 aromatic rings. The lowest BCUT2D eigenvalue weighted by Gasteiger charge is -2.12. The Balaban J connectivity index is 2.23. The molecule has 7 heteroatoms. The number of nitrogens with one attached hydrogen (secondary N) is 2. The Morgan fingerprint density at radius 1 is 0.739 bits per heavy atom. The largest absolute Gasteiger partial charge is 0.507 e. The third-order valence-electron chi connectivity index (χ3n) is 3.72. The molecule has 0 amide bonds. The first-order valence-electron chi connectivity index (χ1n) is 6.77. The zero-order valence-electron chi connectivity index (χ0n) is 11.7. The number of hydrogen-bond donors (Lipinski definition) is 4. The van der Waals surface area contributed by atoms with Crippen LogP contribution in [0.1, 0.15) is 0 Å². The normalized spacial score (nSPS) is 11.3. The van der Waals surface area contributed by atoms with E-state index in [1.165, 1.54) is 0 Å². The summed E-state index contributed by atoms with van der Waals surface area (Å²) in [4.78, 5) is 0. The van der Waals surface area contributed by atoms with E-state index in [1.807, 2.05) is 12.1 Å². The fraction of sp³-hybridized carbons (Fsp3) is 0. The molecule has 114 valence electrons. The van der Waals surface area contributed by atoms with Crippen LogP contribution >= 0.6 is 23.1 Å². The van der Waals surface area contributed by atoms with Gasteiger partial charge in [-0.1, -0.05) is 36.4 Å². The van der Waals surface area contributed by atoms with Gasteiger partial charge in [-0.3, -0.25) is 10.8 Å². The quantitative estimate of drug-likeness (QED) is 0.316. The molecule has 0 atom stereocenters. The van der Waals surface area contributed by atoms with E-state index in [1.54, 1.807) is 33.7 Å². The molecule has 3 aromatic carbocycles. The van der Waals surface area contributed by atoms with Gasteiger partial charge in [0.25, 0.3) is 0 Å². The van der Waals surface area contributed by atoms with Crippen molar-refractivity contribution >= 4 is 44.6 Å². The maximum Gasteiger partial charge on any atom is 0.162 e. The molecule has 1 aromatic heterocycles. The van der Waals surface area contributed by atoms with Crippen LogP contribution < -0.4 is 9.34 Å². The maximum absolute atomic E-state index is 10.7. The van der Waals surface area contributed by atoms with Crippen LogP contribution in [0.15, 0.2) is 42.5 Å². The fourth-order valence-corrected chi connectivity index (χ4v) is 4.50. The smallest absolute Gasteiger partial charge is 0.162 e. The van der Waals surface area contributed by atoms with E-state index < -0.39 is 0 Å². The lowest BCUT2D eigenvalue weighted by molar-refractivity contribution is 0.478. The monoisotopic (exact) mass is 341 g/mol. The molecular formula is C16H11N3O2S2. The van der Waals surface area contributed by atoms with E-state index in [4.69, 9.17) is 10.8 Å². The Labute approximate surface area is 138 Å². The molecule has 4 N–H and O–H groups in total. The molecule has 0 aliphatic rings. The van der Waals surface area contributed by atoms with Crippen molar-refractivity contribution in [2.75, 3.05) is 0 Å². The highest BCUT2D eigenvalue weighted by molar-refractivity contribution is 7.19. The van der Waals surface area contributed by atoms with Crippen LogP contribution in [0.25, 0.3) is 27.2 Å². The van der Waals surface area contributed by atoms with Gasteiger partial charge in [0.15, 0.2) is 9.34 Å². The summed E-state index contributed by atoms with van der Waals surface area (Å²) in [6.07, 6.45) is 0. The average molecular weight is 341 g/mol. The maximum atomic E-state index is 10.7. The van der Waals surface area contributed by atoms with E-state index in [0.29, 0.717) is 27.2 Å². The van der Waals surface area contributed by atoms with Crippen LogP contribution in [0, 0.1) is 10.8 Å². The molecular weight excluding hydrogens is 330 g/mol. The minimum absolute atomic E-state index is 0.0927. The van der Waals surface area contributed by atoms with Gasteiger partial charge >= 0.3 is 0 Å². The third kappa shape index (κ3) is 1.97. The number of benzene rings is 3. The molecule has 0 bridgehead atoms. The molecule has 0 radical (unpaired) electrons. The second-order valence-electron chi connectivity index (χ2n) is 5.04. The van der Waals surface area contributed by atoms with E-state index in [2.05, 4.69) is 0 Å². The van der Waals surface area contributed by atoms with Crippen LogP contribution in [0.3, 0.4) is 0 Å². The van der Waals surface area contributed by atoms with Crippen molar-refractivity contribution in [1.82, 2.24) is 3.35 Å². The highest BCUT2D eigenvalue weighted by Gasteiger charge is 2.16. The van der Waals surface area contributed by atoms with Crippen molar-refractivity contribution in [3.05, 3.63) is 51.8 Å². The van der Waals surface area contributed by atoms with E-state index in [-0.39, 0.29) is 20.8 Å². The van der Waals surface area contributed by atoms with Gasteiger partial charge in [-0.2, -0.15) is 0 Å². The van der Waals surface area contributed by atoms with Crippen molar-refractivity contribution in [3.8, 4) is 17.2 Å². The Morgan fingerprint density at radius 3 is 1.96 bits per heavy atom. The van der Waals surface area contributed by atoms with Crippen LogP contribution in [-0.2, 0) is 0 Å². The van der Waals surface area contributed by atoms with Crippen molar-refractivity contribution in [1.29, 1.82) is 10.8 Å². The summed E-state index contributed by atoms with van der Waals surface area (Å²) >= 11 is 2.25. The van der Waals surface area contributed by atoms with E-state index in [0.717, 1.165) is 23.1 Å². The van der Waals surface area contributed by atoms with Gasteiger partial charge in [0.1, 0.15) is 11.5 Å². The summed E-state index contributed by atoms with van der Waals surface area (Å²) in [6.45, 7) is 0. The highest BCUT2D eigenvalue weighted by atomic mass is 32.2. The van der Waals surface area contributed by atoms with E-state index >= 15 is 0 Å². The first-order valence-corrected chi connectivity index (χ1v) is 8.31. The lowest BCUT2D eigenvalue weighted by atomic mass is 10.00. The summed E-state index contributed by atoms with van der Waals surface area (Å²) in [5.74, 6) is 0.213. The minimum Gasteiger partial charge on any atom is -0.507 e. The first kappa shape index (κ1) is 14.0. The van der Waals surface area contributed by atoms with Crippen LogP contribution in [0.5, 0.6) is 11.5 Å². The van der Waals surface area contributed by atoms with E-state index in [9.17, 15) is 10.2 Å². The number of hydrogen-bond acceptors (Lipinski definition) is 6. The predicted molar refractivity (Wildman–Crippen MR) is 91.6 cm³/mol. The Morgan fingerprint density at radius 2 is 1.30 bits per heavy atom. The Kier molecular flexibility index (Phi) is 3.00. The third-order valence-corrected chi connectivity index (χ3v) is 5.80. The zero-order valence-corrected chi connectivity index (χ0v) is 13.3. The van der Waals surface area contributed by atoms with Crippen molar-refractivity contribution in [3.63, 3.8) is 0 Å². The summed E-state index contributed by atoms with van der Waals surface area (Å²) in [5.41, 5.74) is 0.656. The van der Waals surface area contributed by atoms with Gasteiger partial charge in [-0.15, -0.1) is 0 Å². The highest BCUT2D eigenvalue weighted by Crippen LogP contribution is 2.43. The Hall–Kier alpha value is -2.64. The van der Waals surface area contributed by atoms with Crippen LogP contribution in [0.2, 0.25) is 0 Å². The number of aromatic nitrogens is 1. The number of nitrogens with zero attached hydrogens (tertiary/aromatic N) is 1. The summed E-state index contributed by atoms with van der Waals surface area (Å²) in [6, 6.07) is 12.5. The van der Waals surface area contributed by atoms with Gasteiger partial charge in [-0.25, -0.2) is 3.35 Å². The first-order chi connectivity index (χ1) is 11.1. The predicted octanol–water partition coefficient (Wildman–Crippen LogP) is 3.28. The summed E-state index contributed by atoms with van der Waals surface area (Å²) in [7, 11) is 0. The topological polar surface area (TPSA) is 93.1 Å². The molecule has 5 nitrogen and oxygen atoms in total. The van der Waals surface area contributed by atoms with Crippen LogP contribution in [0.4, 0.5) is 0 Å². The minimum atomic E-state index is 0.0927. The Bertz CT molecular complexity index is 1160. The van der Waals surface area contributed by atoms with Gasteiger partial charge < -0.3 is 10.2 Å². The lowest BCUT2D eigenvalue weighted by Crippen LogP contribution is -2.11. The van der Waals surface area contributed by atoms with Crippen molar-refractivity contribution in [2.45, 2.75) is 0 Å². The fourth-order valence-electron chi connectivity index (χ4n) is 2.68. The second kappa shape index (κ2) is 4.94. The number of aromatic hydroxyl groups is 2. The van der Waals surface area contributed by atoms with Crippen molar-refractivity contribution < 1.29 is 10.2 Å². The molecule has 0 unspecified atom stereocenters. The number of fused-ring (bicyclic) bond motifs is 2. The molecule has 0 aliphatic carbocycles. The van der Waals surface area contributed by atoms with Gasteiger partial charge in [0.05, 0.1) is 11.1 Å². The van der Waals surface area contributed by atoms with Gasteiger partial charge in [0, 0.05) is 16.2 Å². The SMILES string of the molecule is N=c1sn(-c2cccc3c(O)c4ccccc4c(O)c23)sc1=N. The molecule has 0 aliphatic heterocycles. The number of phenols is 2. The molecule has 0 saturated carbocycles. The molecule has 0 spiro atoms. The number of rotatable bonds is 1. The second-order valence-corrected chi connectivity index (χ2v) is 7.18.